The van der Waals surface area contributed by atoms with E-state index >= 15 is 0 Å². The van der Waals surface area contributed by atoms with Crippen LogP contribution in [0.2, 0.25) is 0 Å². The quantitative estimate of drug-likeness (QED) is 0.338. The normalized spacial score (nSPS) is 14.6. The van der Waals surface area contributed by atoms with E-state index < -0.39 is 62.8 Å². The molecule has 0 aromatic heterocycles. The lowest BCUT2D eigenvalue weighted by molar-refractivity contribution is -0.359. The largest absolute Gasteiger partial charge is 0.445 e. The van der Waals surface area contributed by atoms with E-state index in [-0.39, 0.29) is 0 Å². The van der Waals surface area contributed by atoms with E-state index in [0.29, 0.717) is 7.18 Å². The van der Waals surface area contributed by atoms with Gasteiger partial charge < -0.3 is 0 Å². The van der Waals surface area contributed by atoms with Crippen LogP contribution in [0.15, 0.2) is 0 Å². The SMILES string of the molecule is CCC(F)(F)F.CF.FCC(F)(F)OC(F)C(F)(F)F.FOC(CC(F)(F)F)C(F)(F)F. The summed E-state index contributed by atoms with van der Waals surface area (Å²) in [7, 11) is 0.500. The molecule has 0 radical (unpaired) electrons. The molecular formula is C12H14F18O2. The van der Waals surface area contributed by atoms with Crippen LogP contribution in [0.25, 0.3) is 0 Å². The Kier molecular flexibility index (Phi) is 18.4. The highest BCUT2D eigenvalue weighted by molar-refractivity contribution is 4.70. The predicted octanol–water partition coefficient (Wildman–Crippen LogP) is 7.74. The third-order valence-electron chi connectivity index (χ3n) is 1.98. The molecule has 0 spiro atoms. The van der Waals surface area contributed by atoms with Gasteiger partial charge in [0.2, 0.25) is 6.10 Å². The van der Waals surface area contributed by atoms with Crippen molar-refractivity contribution in [2.75, 3.05) is 13.9 Å². The van der Waals surface area contributed by atoms with Gasteiger partial charge in [0.05, 0.1) is 13.6 Å². The van der Waals surface area contributed by atoms with E-state index in [4.69, 9.17) is 0 Å². The van der Waals surface area contributed by atoms with Crippen LogP contribution in [0.1, 0.15) is 19.8 Å². The minimum absolute atomic E-state index is 0.500. The fraction of sp³-hybridized carbons (Fsp3) is 1.00. The Bertz CT molecular complexity index is 434. The third-order valence-corrected chi connectivity index (χ3v) is 1.98. The number of alkyl halides is 17. The molecule has 0 saturated carbocycles. The number of hydrogen-bond donors (Lipinski definition) is 0. The van der Waals surface area contributed by atoms with Gasteiger partial charge in [0.25, 0.3) is 6.36 Å². The molecule has 0 amide bonds. The number of rotatable bonds is 5. The van der Waals surface area contributed by atoms with E-state index in [2.05, 4.69) is 9.68 Å². The summed E-state index contributed by atoms with van der Waals surface area (Å²) >= 11 is 0. The first-order valence-corrected chi connectivity index (χ1v) is 7.09. The zero-order valence-corrected chi connectivity index (χ0v) is 15.4. The van der Waals surface area contributed by atoms with Crippen LogP contribution < -0.4 is 0 Å². The molecule has 0 N–H and O–H groups in total. The van der Waals surface area contributed by atoms with E-state index in [1.807, 2.05) is 0 Å². The van der Waals surface area contributed by atoms with E-state index in [1.54, 1.807) is 0 Å². The van der Waals surface area contributed by atoms with Crippen LogP contribution in [-0.2, 0) is 9.68 Å². The van der Waals surface area contributed by atoms with Gasteiger partial charge in [-0.2, -0.15) is 66.4 Å². The van der Waals surface area contributed by atoms with Crippen molar-refractivity contribution in [1.82, 2.24) is 0 Å². The molecule has 2 nitrogen and oxygen atoms in total. The van der Waals surface area contributed by atoms with Crippen LogP contribution >= 0.6 is 0 Å². The van der Waals surface area contributed by atoms with Crippen molar-refractivity contribution in [2.24, 2.45) is 0 Å². The van der Waals surface area contributed by atoms with Crippen molar-refractivity contribution >= 4 is 0 Å². The lowest BCUT2D eigenvalue weighted by atomic mass is 10.2. The fourth-order valence-electron chi connectivity index (χ4n) is 0.658. The Morgan fingerprint density at radius 2 is 1.03 bits per heavy atom. The number of hydrogen-bond acceptors (Lipinski definition) is 2. The van der Waals surface area contributed by atoms with E-state index in [1.165, 1.54) is 0 Å². The molecule has 0 aromatic carbocycles. The summed E-state index contributed by atoms with van der Waals surface area (Å²) in [5, 5.41) is 0. The maximum absolute atomic E-state index is 11.6. The summed E-state index contributed by atoms with van der Waals surface area (Å²) in [5.41, 5.74) is 0. The van der Waals surface area contributed by atoms with Gasteiger partial charge in [-0.15, -0.1) is 0 Å². The highest BCUT2D eigenvalue weighted by Crippen LogP contribution is 2.32. The summed E-state index contributed by atoms with van der Waals surface area (Å²) in [6.07, 6.45) is -35.4. The topological polar surface area (TPSA) is 18.5 Å². The molecule has 0 aromatic rings. The molecular weight excluding hydrogens is 518 g/mol. The zero-order chi connectivity index (χ0) is 27.2. The van der Waals surface area contributed by atoms with Crippen molar-refractivity contribution in [3.8, 4) is 0 Å². The molecule has 0 aliphatic carbocycles. The van der Waals surface area contributed by atoms with E-state index in [0.717, 1.165) is 6.92 Å². The molecule has 0 bridgehead atoms. The van der Waals surface area contributed by atoms with Crippen LogP contribution in [0.3, 0.4) is 0 Å². The average Bonchev–Trinajstić information content (AvgIpc) is 2.59. The smallest absolute Gasteiger partial charge is 0.275 e. The molecule has 2 atom stereocenters. The molecule has 0 rings (SSSR count). The molecule has 0 saturated heterocycles. The predicted molar refractivity (Wildman–Crippen MR) is 69.0 cm³/mol. The Morgan fingerprint density at radius 1 is 0.688 bits per heavy atom. The molecule has 0 heterocycles. The highest BCUT2D eigenvalue weighted by Gasteiger charge is 2.49. The minimum Gasteiger partial charge on any atom is -0.275 e. The van der Waals surface area contributed by atoms with Gasteiger partial charge in [0.15, 0.2) is 6.67 Å². The first-order valence-electron chi connectivity index (χ1n) is 7.09. The first kappa shape index (κ1) is 37.9. The summed E-state index contributed by atoms with van der Waals surface area (Å²) in [6.45, 7) is -1.43. The van der Waals surface area contributed by atoms with Crippen molar-refractivity contribution in [1.29, 1.82) is 0 Å². The summed E-state index contributed by atoms with van der Waals surface area (Å²) < 4.78 is 203. The van der Waals surface area contributed by atoms with Gasteiger partial charge in [0.1, 0.15) is 0 Å². The van der Waals surface area contributed by atoms with Crippen molar-refractivity contribution in [2.45, 2.75) is 63.0 Å². The molecule has 200 valence electrons. The second-order valence-electron chi connectivity index (χ2n) is 4.65. The fourth-order valence-corrected chi connectivity index (χ4v) is 0.658. The Hall–Kier alpha value is -1.34. The average molecular weight is 532 g/mol. The zero-order valence-electron chi connectivity index (χ0n) is 15.4. The summed E-state index contributed by atoms with van der Waals surface area (Å²) in [5.74, 6) is 0. The number of halogens is 18. The molecule has 20 heteroatoms. The molecule has 0 aliphatic rings. The van der Waals surface area contributed by atoms with Crippen LogP contribution in [0, 0.1) is 0 Å². The Balaban J connectivity index is -0.000000186. The minimum atomic E-state index is -5.57. The van der Waals surface area contributed by atoms with Gasteiger partial charge in [-0.1, -0.05) is 6.92 Å². The molecule has 2 unspecified atom stereocenters. The number of ether oxygens (including phenoxy) is 1. The lowest BCUT2D eigenvalue weighted by Gasteiger charge is -2.18. The van der Waals surface area contributed by atoms with Crippen LogP contribution in [-0.4, -0.2) is 57.1 Å². The Morgan fingerprint density at radius 3 is 1.16 bits per heavy atom. The van der Waals surface area contributed by atoms with E-state index in [9.17, 15) is 79.2 Å². The maximum atomic E-state index is 11.6. The summed E-state index contributed by atoms with van der Waals surface area (Å²) in [6, 6.07) is 0. The van der Waals surface area contributed by atoms with Crippen molar-refractivity contribution < 1.29 is 88.8 Å². The molecule has 0 fully saturated rings. The molecule has 0 aliphatic heterocycles. The van der Waals surface area contributed by atoms with Crippen LogP contribution in [0.4, 0.5) is 79.2 Å². The third kappa shape index (κ3) is 26.7. The molecule has 32 heavy (non-hydrogen) atoms. The van der Waals surface area contributed by atoms with Crippen LogP contribution in [0.5, 0.6) is 0 Å². The van der Waals surface area contributed by atoms with Gasteiger partial charge in [-0.05, 0) is 4.53 Å². The second kappa shape index (κ2) is 15.5. The van der Waals surface area contributed by atoms with Gasteiger partial charge in [-0.25, -0.2) is 8.78 Å². The van der Waals surface area contributed by atoms with Gasteiger partial charge in [-0.3, -0.25) is 9.13 Å². The lowest BCUT2D eigenvalue weighted by Crippen LogP contribution is -2.36. The Labute approximate surface area is 167 Å². The monoisotopic (exact) mass is 532 g/mol. The van der Waals surface area contributed by atoms with Gasteiger partial charge in [0, 0.05) is 6.42 Å². The standard InChI is InChI=1S/2C4H3F7O.C3H5F3.CH3F/c5-1-3(7,8)12-2(6)4(9,10)11;5-3(6,7)1-2(12-11)4(8,9)10;1-2-3(4,5)6;1-2/h2*2H,1H2;2H2,1H3;1H3. The van der Waals surface area contributed by atoms with Gasteiger partial charge >= 0.3 is 30.8 Å². The highest BCUT2D eigenvalue weighted by atomic mass is 19.4. The maximum Gasteiger partial charge on any atom is 0.445 e. The second-order valence-corrected chi connectivity index (χ2v) is 4.65. The van der Waals surface area contributed by atoms with Crippen molar-refractivity contribution in [3.63, 3.8) is 0 Å². The first-order chi connectivity index (χ1) is 13.9. The summed E-state index contributed by atoms with van der Waals surface area (Å²) in [4.78, 5) is 2.15. The van der Waals surface area contributed by atoms with Crippen molar-refractivity contribution in [3.05, 3.63) is 0 Å².